The van der Waals surface area contributed by atoms with E-state index < -0.39 is 40.9 Å². The Kier molecular flexibility index (Phi) is 4.14. The minimum Gasteiger partial charge on any atom is -0.508 e. The van der Waals surface area contributed by atoms with E-state index in [0.29, 0.717) is 0 Å². The molecule has 1 aromatic carbocycles. The van der Waals surface area contributed by atoms with Gasteiger partial charge < -0.3 is 9.84 Å². The summed E-state index contributed by atoms with van der Waals surface area (Å²) >= 11 is 0. The lowest BCUT2D eigenvalue weighted by Gasteiger charge is -2.09. The maximum atomic E-state index is 11.8. The van der Waals surface area contributed by atoms with Crippen LogP contribution in [0.15, 0.2) is 18.2 Å². The third kappa shape index (κ3) is 4.69. The van der Waals surface area contributed by atoms with Crippen molar-refractivity contribution < 1.29 is 32.7 Å². The van der Waals surface area contributed by atoms with Gasteiger partial charge in [-0.1, -0.05) is 0 Å². The molecule has 1 aromatic rings. The number of rotatable bonds is 3. The van der Waals surface area contributed by atoms with E-state index >= 15 is 0 Å². The molecule has 0 saturated carbocycles. The predicted molar refractivity (Wildman–Crippen MR) is 55.8 cm³/mol. The second-order valence-electron chi connectivity index (χ2n) is 3.27. The standard InChI is InChI=1S/C9H7F3N2O5/c10-9(11,12)4-19-8(16)13-6-2-1-5(15)3-7(6)14(17)18/h1-3,15H,4H2,(H,13,16). The number of phenols is 1. The van der Waals surface area contributed by atoms with Crippen LogP contribution in [0.4, 0.5) is 29.3 Å². The third-order valence-electron chi connectivity index (χ3n) is 1.78. The Labute approximate surface area is 103 Å². The van der Waals surface area contributed by atoms with E-state index in [4.69, 9.17) is 5.11 Å². The molecule has 0 radical (unpaired) electrons. The molecule has 104 valence electrons. The van der Waals surface area contributed by atoms with Crippen LogP contribution in [0.1, 0.15) is 0 Å². The van der Waals surface area contributed by atoms with Crippen LogP contribution in [0.3, 0.4) is 0 Å². The summed E-state index contributed by atoms with van der Waals surface area (Å²) in [6.45, 7) is -1.81. The molecular weight excluding hydrogens is 273 g/mol. The van der Waals surface area contributed by atoms with Crippen LogP contribution >= 0.6 is 0 Å². The van der Waals surface area contributed by atoms with Crippen molar-refractivity contribution >= 4 is 17.5 Å². The second kappa shape index (κ2) is 5.42. The molecule has 0 aliphatic heterocycles. The number of halogens is 3. The Hall–Kier alpha value is -2.52. The molecule has 19 heavy (non-hydrogen) atoms. The molecule has 0 saturated heterocycles. The molecule has 0 unspecified atom stereocenters. The SMILES string of the molecule is O=C(Nc1ccc(O)cc1[N+](=O)[O-])OCC(F)(F)F. The number of anilines is 1. The molecule has 0 atom stereocenters. The molecule has 0 bridgehead atoms. The van der Waals surface area contributed by atoms with E-state index in [1.54, 1.807) is 5.32 Å². The normalized spacial score (nSPS) is 10.9. The summed E-state index contributed by atoms with van der Waals surface area (Å²) in [7, 11) is 0. The van der Waals surface area contributed by atoms with E-state index in [2.05, 4.69) is 4.74 Å². The van der Waals surface area contributed by atoms with Gasteiger partial charge in [0.15, 0.2) is 6.61 Å². The molecule has 0 aliphatic rings. The number of nitro benzene ring substituents is 1. The van der Waals surface area contributed by atoms with Crippen molar-refractivity contribution in [2.75, 3.05) is 11.9 Å². The van der Waals surface area contributed by atoms with Crippen LogP contribution in [-0.2, 0) is 4.74 Å². The molecule has 0 fully saturated rings. The fourth-order valence-electron chi connectivity index (χ4n) is 1.07. The first-order valence-electron chi connectivity index (χ1n) is 4.67. The lowest BCUT2D eigenvalue weighted by atomic mass is 10.2. The maximum Gasteiger partial charge on any atom is 0.422 e. The van der Waals surface area contributed by atoms with Crippen LogP contribution < -0.4 is 5.32 Å². The van der Waals surface area contributed by atoms with Gasteiger partial charge in [0.1, 0.15) is 11.4 Å². The summed E-state index contributed by atoms with van der Waals surface area (Å²) in [4.78, 5) is 20.7. The van der Waals surface area contributed by atoms with E-state index in [9.17, 15) is 28.1 Å². The number of benzene rings is 1. The second-order valence-corrected chi connectivity index (χ2v) is 3.27. The van der Waals surface area contributed by atoms with Crippen LogP contribution in [0.25, 0.3) is 0 Å². The Bertz CT molecular complexity index is 503. The van der Waals surface area contributed by atoms with Gasteiger partial charge in [-0.2, -0.15) is 13.2 Å². The Balaban J connectivity index is 2.77. The summed E-state index contributed by atoms with van der Waals surface area (Å²) in [5.74, 6) is -0.430. The number of phenolic OH excluding ortho intramolecular Hbond substituents is 1. The van der Waals surface area contributed by atoms with Crippen molar-refractivity contribution in [2.45, 2.75) is 6.18 Å². The number of aromatic hydroxyl groups is 1. The zero-order chi connectivity index (χ0) is 14.6. The Morgan fingerprint density at radius 1 is 1.47 bits per heavy atom. The molecular formula is C9H7F3N2O5. The quantitative estimate of drug-likeness (QED) is 0.503. The van der Waals surface area contributed by atoms with Crippen LogP contribution in [-0.4, -0.2) is 28.9 Å². The molecule has 1 rings (SSSR count). The molecule has 7 nitrogen and oxygen atoms in total. The minimum atomic E-state index is -4.70. The molecule has 10 heteroatoms. The fourth-order valence-corrected chi connectivity index (χ4v) is 1.07. The molecule has 0 heterocycles. The van der Waals surface area contributed by atoms with Crippen molar-refractivity contribution in [1.82, 2.24) is 0 Å². The van der Waals surface area contributed by atoms with Gasteiger partial charge in [0.25, 0.3) is 5.69 Å². The lowest BCUT2D eigenvalue weighted by Crippen LogP contribution is -2.23. The number of nitrogens with one attached hydrogen (secondary N) is 1. The van der Waals surface area contributed by atoms with Gasteiger partial charge in [-0.15, -0.1) is 0 Å². The van der Waals surface area contributed by atoms with Gasteiger partial charge in [0.05, 0.1) is 11.0 Å². The summed E-state index contributed by atoms with van der Waals surface area (Å²) in [5.41, 5.74) is -1.07. The molecule has 0 aromatic heterocycles. The highest BCUT2D eigenvalue weighted by Gasteiger charge is 2.30. The Morgan fingerprint density at radius 2 is 2.11 bits per heavy atom. The highest BCUT2D eigenvalue weighted by atomic mass is 19.4. The van der Waals surface area contributed by atoms with Gasteiger partial charge in [-0.05, 0) is 12.1 Å². The highest BCUT2D eigenvalue weighted by Crippen LogP contribution is 2.28. The summed E-state index contributed by atoms with van der Waals surface area (Å²) in [5, 5.41) is 21.4. The largest absolute Gasteiger partial charge is 0.508 e. The number of carbonyl (C=O) groups is 1. The monoisotopic (exact) mass is 280 g/mol. The zero-order valence-corrected chi connectivity index (χ0v) is 9.10. The van der Waals surface area contributed by atoms with E-state index in [1.165, 1.54) is 0 Å². The minimum absolute atomic E-state index is 0.394. The average molecular weight is 280 g/mol. The molecule has 2 N–H and O–H groups in total. The third-order valence-corrected chi connectivity index (χ3v) is 1.78. The zero-order valence-electron chi connectivity index (χ0n) is 9.10. The first kappa shape index (κ1) is 14.5. The number of nitro groups is 1. The summed E-state index contributed by atoms with van der Waals surface area (Å²) in [6, 6.07) is 2.72. The van der Waals surface area contributed by atoms with Gasteiger partial charge in [0.2, 0.25) is 0 Å². The number of amides is 1. The lowest BCUT2D eigenvalue weighted by molar-refractivity contribution is -0.384. The van der Waals surface area contributed by atoms with Crippen molar-refractivity contribution in [1.29, 1.82) is 0 Å². The number of carbonyl (C=O) groups excluding carboxylic acids is 1. The van der Waals surface area contributed by atoms with Gasteiger partial charge in [-0.25, -0.2) is 4.79 Å². The molecule has 0 aliphatic carbocycles. The van der Waals surface area contributed by atoms with Crippen LogP contribution in [0, 0.1) is 10.1 Å². The van der Waals surface area contributed by atoms with Crippen molar-refractivity contribution in [3.8, 4) is 5.75 Å². The number of nitrogens with zero attached hydrogens (tertiary/aromatic N) is 1. The summed E-state index contributed by atoms with van der Waals surface area (Å²) < 4.78 is 39.1. The number of hydrogen-bond donors (Lipinski definition) is 2. The smallest absolute Gasteiger partial charge is 0.422 e. The first-order valence-corrected chi connectivity index (χ1v) is 4.67. The number of alkyl halides is 3. The van der Waals surface area contributed by atoms with E-state index in [0.717, 1.165) is 18.2 Å². The van der Waals surface area contributed by atoms with E-state index in [1.807, 2.05) is 0 Å². The average Bonchev–Trinajstić information content (AvgIpc) is 2.28. The Morgan fingerprint density at radius 3 is 2.63 bits per heavy atom. The van der Waals surface area contributed by atoms with Gasteiger partial charge >= 0.3 is 12.3 Å². The topological polar surface area (TPSA) is 102 Å². The van der Waals surface area contributed by atoms with Crippen molar-refractivity contribution in [2.24, 2.45) is 0 Å². The predicted octanol–water partition coefficient (Wildman–Crippen LogP) is 2.41. The van der Waals surface area contributed by atoms with Crippen LogP contribution in [0.2, 0.25) is 0 Å². The van der Waals surface area contributed by atoms with Crippen molar-refractivity contribution in [3.63, 3.8) is 0 Å². The molecule has 1 amide bonds. The van der Waals surface area contributed by atoms with Gasteiger partial charge in [-0.3, -0.25) is 15.4 Å². The number of hydrogen-bond acceptors (Lipinski definition) is 5. The molecule has 0 spiro atoms. The summed E-state index contributed by atoms with van der Waals surface area (Å²) in [6.07, 6.45) is -6.19. The van der Waals surface area contributed by atoms with Crippen LogP contribution in [0.5, 0.6) is 5.75 Å². The van der Waals surface area contributed by atoms with E-state index in [-0.39, 0.29) is 0 Å². The fraction of sp³-hybridized carbons (Fsp3) is 0.222. The highest BCUT2D eigenvalue weighted by molar-refractivity contribution is 5.88. The van der Waals surface area contributed by atoms with Crippen molar-refractivity contribution in [3.05, 3.63) is 28.3 Å². The van der Waals surface area contributed by atoms with Gasteiger partial charge in [0, 0.05) is 0 Å². The first-order chi connectivity index (χ1) is 8.69. The maximum absolute atomic E-state index is 11.8. The number of ether oxygens (including phenoxy) is 1.